The molecule has 0 unspecified atom stereocenters. The van der Waals surface area contributed by atoms with Crippen LogP contribution in [0.15, 0.2) is 23.4 Å². The van der Waals surface area contributed by atoms with E-state index in [-0.39, 0.29) is 30.8 Å². The van der Waals surface area contributed by atoms with Crippen molar-refractivity contribution in [1.82, 2.24) is 4.90 Å². The molecule has 126 valence electrons. The lowest BCUT2D eigenvalue weighted by Gasteiger charge is -2.33. The van der Waals surface area contributed by atoms with Crippen LogP contribution in [-0.4, -0.2) is 55.2 Å². The Bertz CT molecular complexity index is 565. The number of nitrogens with zero attached hydrogens (tertiary/aromatic N) is 1. The summed E-state index contributed by atoms with van der Waals surface area (Å²) in [5, 5.41) is 9.44. The minimum atomic E-state index is -0.530. The highest BCUT2D eigenvalue weighted by molar-refractivity contribution is 5.95. The summed E-state index contributed by atoms with van der Waals surface area (Å²) in [6, 6.07) is 0. The molecule has 0 radical (unpaired) electrons. The van der Waals surface area contributed by atoms with Gasteiger partial charge in [0.1, 0.15) is 0 Å². The van der Waals surface area contributed by atoms with E-state index in [4.69, 9.17) is 4.74 Å². The van der Waals surface area contributed by atoms with Crippen molar-refractivity contribution >= 4 is 17.8 Å². The molecule has 23 heavy (non-hydrogen) atoms. The highest BCUT2D eigenvalue weighted by atomic mass is 16.5. The van der Waals surface area contributed by atoms with E-state index in [1.54, 1.807) is 0 Å². The van der Waals surface area contributed by atoms with Crippen LogP contribution in [0.2, 0.25) is 0 Å². The van der Waals surface area contributed by atoms with E-state index in [9.17, 15) is 19.5 Å². The summed E-state index contributed by atoms with van der Waals surface area (Å²) in [4.78, 5) is 37.2. The minimum Gasteiger partial charge on any atom is -0.469 e. The third-order valence-electron chi connectivity index (χ3n) is 4.29. The van der Waals surface area contributed by atoms with Crippen LogP contribution in [0.25, 0.3) is 0 Å². The Balaban J connectivity index is 2.18. The molecule has 0 aromatic carbocycles. The number of hydrogen-bond donors (Lipinski definition) is 1. The van der Waals surface area contributed by atoms with Crippen molar-refractivity contribution in [3.8, 4) is 0 Å². The Morgan fingerprint density at radius 3 is 2.70 bits per heavy atom. The van der Waals surface area contributed by atoms with Gasteiger partial charge >= 0.3 is 11.9 Å². The second kappa shape index (κ2) is 7.41. The van der Waals surface area contributed by atoms with Gasteiger partial charge in [-0.15, -0.1) is 0 Å². The number of fused-ring (bicyclic) bond motifs is 1. The van der Waals surface area contributed by atoms with Crippen LogP contribution in [0.1, 0.15) is 19.3 Å². The van der Waals surface area contributed by atoms with Gasteiger partial charge in [-0.2, -0.15) is 0 Å². The summed E-state index contributed by atoms with van der Waals surface area (Å²) in [7, 11) is 2.61. The Kier molecular flexibility index (Phi) is 5.54. The van der Waals surface area contributed by atoms with E-state index in [0.717, 1.165) is 0 Å². The maximum atomic E-state index is 12.6. The van der Waals surface area contributed by atoms with Gasteiger partial charge in [-0.1, -0.05) is 6.08 Å². The normalized spacial score (nSPS) is 23.1. The molecule has 1 amide bonds. The number of methoxy groups -OCH3 is 2. The second-order valence-electron chi connectivity index (χ2n) is 5.54. The number of aliphatic hydroxyl groups excluding tert-OH is 1. The van der Waals surface area contributed by atoms with Gasteiger partial charge in [0.15, 0.2) is 0 Å². The van der Waals surface area contributed by atoms with E-state index in [2.05, 4.69) is 4.74 Å². The molecule has 0 saturated carbocycles. The van der Waals surface area contributed by atoms with Crippen LogP contribution in [0.5, 0.6) is 0 Å². The van der Waals surface area contributed by atoms with Gasteiger partial charge in [0, 0.05) is 25.1 Å². The summed E-state index contributed by atoms with van der Waals surface area (Å²) in [6.07, 6.45) is 4.48. The van der Waals surface area contributed by atoms with E-state index in [1.165, 1.54) is 25.3 Å². The molecule has 1 aliphatic carbocycles. The van der Waals surface area contributed by atoms with Crippen molar-refractivity contribution in [2.75, 3.05) is 27.4 Å². The molecule has 2 atom stereocenters. The lowest BCUT2D eigenvalue weighted by Crippen LogP contribution is -2.42. The molecule has 1 heterocycles. The molecule has 1 aliphatic heterocycles. The first-order valence-corrected chi connectivity index (χ1v) is 7.50. The van der Waals surface area contributed by atoms with Crippen LogP contribution in [0.3, 0.4) is 0 Å². The fraction of sp³-hybridized carbons (Fsp3) is 0.562. The van der Waals surface area contributed by atoms with Gasteiger partial charge in [-0.05, 0) is 18.4 Å². The van der Waals surface area contributed by atoms with Crippen molar-refractivity contribution in [3.05, 3.63) is 23.4 Å². The van der Waals surface area contributed by atoms with Gasteiger partial charge < -0.3 is 19.5 Å². The van der Waals surface area contributed by atoms with Crippen molar-refractivity contribution in [2.45, 2.75) is 19.3 Å². The Hall–Kier alpha value is -2.15. The Labute approximate surface area is 134 Å². The highest BCUT2D eigenvalue weighted by Gasteiger charge is 2.44. The number of carbonyl (C=O) groups is 3. The maximum Gasteiger partial charge on any atom is 0.335 e. The predicted octanol–water partition coefficient (Wildman–Crippen LogP) is 0.393. The zero-order chi connectivity index (χ0) is 17.0. The number of amides is 1. The smallest absolute Gasteiger partial charge is 0.335 e. The second-order valence-corrected chi connectivity index (χ2v) is 5.54. The van der Waals surface area contributed by atoms with Crippen LogP contribution < -0.4 is 0 Å². The van der Waals surface area contributed by atoms with Crippen molar-refractivity contribution < 1.29 is 29.0 Å². The molecule has 7 nitrogen and oxygen atoms in total. The highest BCUT2D eigenvalue weighted by Crippen LogP contribution is 2.41. The number of esters is 2. The van der Waals surface area contributed by atoms with Gasteiger partial charge in [0.05, 0.1) is 32.3 Å². The fourth-order valence-corrected chi connectivity index (χ4v) is 3.10. The molecule has 0 aromatic rings. The molecule has 2 rings (SSSR count). The molecule has 0 fully saturated rings. The molecule has 7 heteroatoms. The number of rotatable bonds is 6. The van der Waals surface area contributed by atoms with E-state index in [0.29, 0.717) is 30.5 Å². The standard InChI is InChI=1S/C16H21NO6/c1-22-13(19)4-3-7-17-8-12(16(21)23-2)11-6-5-10(9-18)14(11)15(17)20/h5,8,11,14,18H,3-4,6-7,9H2,1-2H3/t11-,14-/m0/s1. The van der Waals surface area contributed by atoms with Crippen molar-refractivity contribution in [2.24, 2.45) is 11.8 Å². The van der Waals surface area contributed by atoms with Gasteiger partial charge in [0.2, 0.25) is 5.91 Å². The molecule has 0 aromatic heterocycles. The quantitative estimate of drug-likeness (QED) is 0.561. The molecule has 1 N–H and O–H groups in total. The average Bonchev–Trinajstić information content (AvgIpc) is 3.00. The predicted molar refractivity (Wildman–Crippen MR) is 79.8 cm³/mol. The monoisotopic (exact) mass is 323 g/mol. The summed E-state index contributed by atoms with van der Waals surface area (Å²) >= 11 is 0. The molecule has 2 aliphatic rings. The topological polar surface area (TPSA) is 93.1 Å². The summed E-state index contributed by atoms with van der Waals surface area (Å²) in [6.45, 7) is 0.0910. The molecule has 0 bridgehead atoms. The average molecular weight is 323 g/mol. The first-order valence-electron chi connectivity index (χ1n) is 7.50. The maximum absolute atomic E-state index is 12.6. The van der Waals surface area contributed by atoms with Crippen LogP contribution in [-0.2, 0) is 23.9 Å². The van der Waals surface area contributed by atoms with Gasteiger partial charge in [0.25, 0.3) is 0 Å². The van der Waals surface area contributed by atoms with E-state index in [1.807, 2.05) is 6.08 Å². The van der Waals surface area contributed by atoms with E-state index >= 15 is 0 Å². The SMILES string of the molecule is COC(=O)CCCN1C=C(C(=O)OC)[C@@H]2CC=C(CO)[C@@H]2C1=O. The zero-order valence-corrected chi connectivity index (χ0v) is 13.3. The van der Waals surface area contributed by atoms with Gasteiger partial charge in [-0.25, -0.2) is 4.79 Å². The minimum absolute atomic E-state index is 0.162. The molecular weight excluding hydrogens is 302 g/mol. The summed E-state index contributed by atoms with van der Waals surface area (Å²) < 4.78 is 9.38. The first-order chi connectivity index (χ1) is 11.0. The summed E-state index contributed by atoms with van der Waals surface area (Å²) in [5.41, 5.74) is 1.06. The lowest BCUT2D eigenvalue weighted by atomic mass is 9.82. The summed E-state index contributed by atoms with van der Waals surface area (Å²) in [5.74, 6) is -1.80. The van der Waals surface area contributed by atoms with Crippen molar-refractivity contribution in [3.63, 3.8) is 0 Å². The number of ether oxygens (including phenoxy) is 2. The number of allylic oxidation sites excluding steroid dienone is 1. The zero-order valence-electron chi connectivity index (χ0n) is 13.3. The largest absolute Gasteiger partial charge is 0.469 e. The van der Waals surface area contributed by atoms with Crippen LogP contribution in [0, 0.1) is 11.8 Å². The Morgan fingerprint density at radius 2 is 2.09 bits per heavy atom. The third-order valence-corrected chi connectivity index (χ3v) is 4.29. The lowest BCUT2D eigenvalue weighted by molar-refractivity contribution is -0.142. The third kappa shape index (κ3) is 3.44. The fourth-order valence-electron chi connectivity index (χ4n) is 3.10. The van der Waals surface area contributed by atoms with Crippen molar-refractivity contribution in [1.29, 1.82) is 0 Å². The number of aliphatic hydroxyl groups is 1. The first kappa shape index (κ1) is 17.2. The number of hydrogen-bond acceptors (Lipinski definition) is 6. The molecular formula is C16H21NO6. The molecule has 0 spiro atoms. The Morgan fingerprint density at radius 1 is 1.35 bits per heavy atom. The molecule has 0 saturated heterocycles. The van der Waals surface area contributed by atoms with Crippen LogP contribution in [0.4, 0.5) is 0 Å². The number of carbonyl (C=O) groups excluding carboxylic acids is 3. The van der Waals surface area contributed by atoms with Crippen LogP contribution >= 0.6 is 0 Å². The van der Waals surface area contributed by atoms with E-state index < -0.39 is 11.9 Å². The van der Waals surface area contributed by atoms with Gasteiger partial charge in [-0.3, -0.25) is 9.59 Å².